The molecule has 0 N–H and O–H groups in total. The van der Waals surface area contributed by atoms with Gasteiger partial charge in [0.25, 0.3) is 0 Å². The zero-order valence-electron chi connectivity index (χ0n) is 7.78. The standard InChI is InChI=1S/C8H13NO2S2/c1-3-4-7-5-12-8(9-7)6-13(2,10)11/h5H,3-4,6H2,1-2H3. The lowest BCUT2D eigenvalue weighted by molar-refractivity contribution is 0.601. The van der Waals surface area contributed by atoms with E-state index in [0.29, 0.717) is 5.01 Å². The number of aryl methyl sites for hydroxylation is 1. The molecule has 1 heterocycles. The maximum Gasteiger partial charge on any atom is 0.153 e. The minimum Gasteiger partial charge on any atom is -0.245 e. The van der Waals surface area contributed by atoms with Crippen LogP contribution in [-0.2, 0) is 22.0 Å². The van der Waals surface area contributed by atoms with Gasteiger partial charge in [-0.1, -0.05) is 13.3 Å². The Balaban J connectivity index is 2.69. The van der Waals surface area contributed by atoms with Crippen molar-refractivity contribution in [1.82, 2.24) is 4.98 Å². The first-order chi connectivity index (χ1) is 6.01. The van der Waals surface area contributed by atoms with Gasteiger partial charge in [-0.3, -0.25) is 0 Å². The Labute approximate surface area is 82.7 Å². The van der Waals surface area contributed by atoms with Crippen LogP contribution in [0.1, 0.15) is 24.0 Å². The Kier molecular flexibility index (Phi) is 3.44. The second kappa shape index (κ2) is 4.19. The van der Waals surface area contributed by atoms with Crippen molar-refractivity contribution in [3.05, 3.63) is 16.1 Å². The van der Waals surface area contributed by atoms with Gasteiger partial charge in [0.05, 0.1) is 5.69 Å². The van der Waals surface area contributed by atoms with E-state index in [-0.39, 0.29) is 5.75 Å². The Morgan fingerprint density at radius 3 is 2.77 bits per heavy atom. The summed E-state index contributed by atoms with van der Waals surface area (Å²) >= 11 is 1.43. The van der Waals surface area contributed by atoms with Crippen LogP contribution in [0.25, 0.3) is 0 Å². The lowest BCUT2D eigenvalue weighted by Gasteiger charge is -1.92. The van der Waals surface area contributed by atoms with E-state index in [1.165, 1.54) is 17.6 Å². The first kappa shape index (κ1) is 10.7. The van der Waals surface area contributed by atoms with Crippen molar-refractivity contribution < 1.29 is 8.42 Å². The zero-order valence-corrected chi connectivity index (χ0v) is 9.41. The van der Waals surface area contributed by atoms with Gasteiger partial charge in [0.2, 0.25) is 0 Å². The number of hydrogen-bond donors (Lipinski definition) is 0. The van der Waals surface area contributed by atoms with Crippen molar-refractivity contribution in [1.29, 1.82) is 0 Å². The summed E-state index contributed by atoms with van der Waals surface area (Å²) in [7, 11) is -2.93. The van der Waals surface area contributed by atoms with Gasteiger partial charge < -0.3 is 0 Å². The molecule has 0 aliphatic heterocycles. The highest BCUT2D eigenvalue weighted by molar-refractivity contribution is 7.90. The molecule has 0 spiro atoms. The lowest BCUT2D eigenvalue weighted by Crippen LogP contribution is -2.00. The third kappa shape index (κ3) is 3.87. The van der Waals surface area contributed by atoms with E-state index in [2.05, 4.69) is 11.9 Å². The summed E-state index contributed by atoms with van der Waals surface area (Å²) < 4.78 is 21.9. The second-order valence-electron chi connectivity index (χ2n) is 3.05. The summed E-state index contributed by atoms with van der Waals surface area (Å²) in [5.74, 6) is 0.0708. The van der Waals surface area contributed by atoms with E-state index in [0.717, 1.165) is 18.5 Å². The molecule has 0 saturated heterocycles. The topological polar surface area (TPSA) is 47.0 Å². The predicted molar refractivity (Wildman–Crippen MR) is 54.7 cm³/mol. The van der Waals surface area contributed by atoms with Crippen molar-refractivity contribution in [2.24, 2.45) is 0 Å². The molecule has 0 amide bonds. The highest BCUT2D eigenvalue weighted by Gasteiger charge is 2.08. The molecular weight excluding hydrogens is 206 g/mol. The summed E-state index contributed by atoms with van der Waals surface area (Å²) in [6, 6.07) is 0. The molecule has 3 nitrogen and oxygen atoms in total. The molecule has 0 aromatic carbocycles. The summed E-state index contributed by atoms with van der Waals surface area (Å²) in [5.41, 5.74) is 1.01. The van der Waals surface area contributed by atoms with Gasteiger partial charge in [-0.05, 0) is 6.42 Å². The smallest absolute Gasteiger partial charge is 0.153 e. The largest absolute Gasteiger partial charge is 0.245 e. The van der Waals surface area contributed by atoms with E-state index in [1.807, 2.05) is 5.38 Å². The highest BCUT2D eigenvalue weighted by Crippen LogP contribution is 2.13. The fourth-order valence-electron chi connectivity index (χ4n) is 1.01. The average Bonchev–Trinajstić information content (AvgIpc) is 2.33. The van der Waals surface area contributed by atoms with Gasteiger partial charge in [-0.2, -0.15) is 0 Å². The summed E-state index contributed by atoms with van der Waals surface area (Å²) in [4.78, 5) is 4.22. The molecule has 0 radical (unpaired) electrons. The van der Waals surface area contributed by atoms with Gasteiger partial charge in [-0.25, -0.2) is 13.4 Å². The Hall–Kier alpha value is -0.420. The van der Waals surface area contributed by atoms with Gasteiger partial charge in [-0.15, -0.1) is 11.3 Å². The minimum absolute atomic E-state index is 0.0708. The second-order valence-corrected chi connectivity index (χ2v) is 6.14. The number of hydrogen-bond acceptors (Lipinski definition) is 4. The van der Waals surface area contributed by atoms with Crippen LogP contribution in [0.15, 0.2) is 5.38 Å². The normalized spacial score (nSPS) is 11.8. The minimum atomic E-state index is -2.93. The average molecular weight is 219 g/mol. The van der Waals surface area contributed by atoms with E-state index < -0.39 is 9.84 Å². The molecule has 0 saturated carbocycles. The molecule has 0 aliphatic rings. The van der Waals surface area contributed by atoms with Gasteiger partial charge in [0, 0.05) is 11.6 Å². The fourth-order valence-corrected chi connectivity index (χ4v) is 3.05. The molecule has 1 aromatic rings. The molecule has 0 atom stereocenters. The maximum absolute atomic E-state index is 10.9. The monoisotopic (exact) mass is 219 g/mol. The quantitative estimate of drug-likeness (QED) is 0.773. The Morgan fingerprint density at radius 2 is 2.23 bits per heavy atom. The van der Waals surface area contributed by atoms with Crippen LogP contribution in [0.5, 0.6) is 0 Å². The van der Waals surface area contributed by atoms with Crippen LogP contribution in [0.3, 0.4) is 0 Å². The van der Waals surface area contributed by atoms with Crippen molar-refractivity contribution in [3.63, 3.8) is 0 Å². The lowest BCUT2D eigenvalue weighted by atomic mass is 10.3. The predicted octanol–water partition coefficient (Wildman–Crippen LogP) is 1.64. The van der Waals surface area contributed by atoms with Crippen LogP contribution in [0.2, 0.25) is 0 Å². The van der Waals surface area contributed by atoms with E-state index in [1.54, 1.807) is 0 Å². The summed E-state index contributed by atoms with van der Waals surface area (Å²) in [6.45, 7) is 2.08. The Morgan fingerprint density at radius 1 is 1.54 bits per heavy atom. The van der Waals surface area contributed by atoms with Crippen molar-refractivity contribution in [2.75, 3.05) is 6.26 Å². The third-order valence-electron chi connectivity index (χ3n) is 1.49. The van der Waals surface area contributed by atoms with Gasteiger partial charge in [0.15, 0.2) is 9.84 Å². The molecule has 0 unspecified atom stereocenters. The number of nitrogens with zero attached hydrogens (tertiary/aromatic N) is 1. The molecular formula is C8H13NO2S2. The summed E-state index contributed by atoms with van der Waals surface area (Å²) in [5, 5.41) is 2.63. The van der Waals surface area contributed by atoms with Crippen LogP contribution >= 0.6 is 11.3 Å². The number of thiazole rings is 1. The summed E-state index contributed by atoms with van der Waals surface area (Å²) in [6.07, 6.45) is 3.20. The molecule has 0 bridgehead atoms. The van der Waals surface area contributed by atoms with E-state index in [4.69, 9.17) is 0 Å². The third-order valence-corrected chi connectivity index (χ3v) is 3.37. The first-order valence-electron chi connectivity index (χ1n) is 4.12. The molecule has 0 fully saturated rings. The van der Waals surface area contributed by atoms with E-state index >= 15 is 0 Å². The van der Waals surface area contributed by atoms with Gasteiger partial charge >= 0.3 is 0 Å². The fraction of sp³-hybridized carbons (Fsp3) is 0.625. The van der Waals surface area contributed by atoms with Crippen LogP contribution in [0.4, 0.5) is 0 Å². The number of sulfone groups is 1. The molecule has 0 aliphatic carbocycles. The molecule has 1 rings (SSSR count). The van der Waals surface area contributed by atoms with Crippen molar-refractivity contribution in [3.8, 4) is 0 Å². The SMILES string of the molecule is CCCc1csc(CS(C)(=O)=O)n1. The van der Waals surface area contributed by atoms with Crippen molar-refractivity contribution >= 4 is 21.2 Å². The molecule has 13 heavy (non-hydrogen) atoms. The number of rotatable bonds is 4. The highest BCUT2D eigenvalue weighted by atomic mass is 32.2. The number of aromatic nitrogens is 1. The van der Waals surface area contributed by atoms with Crippen LogP contribution < -0.4 is 0 Å². The van der Waals surface area contributed by atoms with Crippen molar-refractivity contribution in [2.45, 2.75) is 25.5 Å². The molecule has 5 heteroatoms. The maximum atomic E-state index is 10.9. The van der Waals surface area contributed by atoms with E-state index in [9.17, 15) is 8.42 Å². The Bertz CT molecular complexity index is 367. The first-order valence-corrected chi connectivity index (χ1v) is 7.06. The van der Waals surface area contributed by atoms with Crippen LogP contribution in [0, 0.1) is 0 Å². The van der Waals surface area contributed by atoms with Gasteiger partial charge in [0.1, 0.15) is 10.8 Å². The molecule has 74 valence electrons. The molecule has 1 aromatic heterocycles. The zero-order chi connectivity index (χ0) is 9.90. The van der Waals surface area contributed by atoms with Crippen LogP contribution in [-0.4, -0.2) is 19.7 Å².